The summed E-state index contributed by atoms with van der Waals surface area (Å²) in [5.74, 6) is 1.66. The van der Waals surface area contributed by atoms with Gasteiger partial charge in [-0.05, 0) is 37.1 Å². The summed E-state index contributed by atoms with van der Waals surface area (Å²) in [6, 6.07) is 7.85. The Kier molecular flexibility index (Phi) is 17.1. The molecule has 1 aromatic carbocycles. The second-order valence-corrected chi connectivity index (χ2v) is 10.1. The zero-order valence-corrected chi connectivity index (χ0v) is 23.5. The van der Waals surface area contributed by atoms with Crippen LogP contribution in [0.4, 0.5) is 0 Å². The van der Waals surface area contributed by atoms with Crippen molar-refractivity contribution in [2.75, 3.05) is 6.61 Å². The van der Waals surface area contributed by atoms with Crippen molar-refractivity contribution in [2.24, 2.45) is 0 Å². The summed E-state index contributed by atoms with van der Waals surface area (Å²) in [5, 5.41) is 0. The van der Waals surface area contributed by atoms with Gasteiger partial charge in [-0.25, -0.2) is 9.97 Å². The van der Waals surface area contributed by atoms with Crippen LogP contribution >= 0.6 is 0 Å². The van der Waals surface area contributed by atoms with Crippen molar-refractivity contribution >= 4 is 5.97 Å². The molecular weight excluding hydrogens is 460 g/mol. The molecule has 0 amide bonds. The minimum atomic E-state index is -0.211. The van der Waals surface area contributed by atoms with Gasteiger partial charge >= 0.3 is 5.97 Å². The van der Waals surface area contributed by atoms with E-state index in [4.69, 9.17) is 9.47 Å². The van der Waals surface area contributed by atoms with E-state index in [1.54, 1.807) is 12.4 Å². The Morgan fingerprint density at radius 3 is 1.65 bits per heavy atom. The summed E-state index contributed by atoms with van der Waals surface area (Å²) in [7, 11) is 0. The van der Waals surface area contributed by atoms with E-state index in [1.165, 1.54) is 89.9 Å². The second-order valence-electron chi connectivity index (χ2n) is 10.1. The van der Waals surface area contributed by atoms with E-state index in [9.17, 15) is 4.79 Å². The average Bonchev–Trinajstić information content (AvgIpc) is 2.92. The van der Waals surface area contributed by atoms with Crippen LogP contribution in [0.3, 0.4) is 0 Å². The first-order valence-corrected chi connectivity index (χ1v) is 15.0. The molecule has 2 rings (SSSR count). The molecule has 0 unspecified atom stereocenters. The molecule has 0 saturated carbocycles. The normalized spacial score (nSPS) is 11.0. The van der Waals surface area contributed by atoms with Crippen LogP contribution in [0.15, 0.2) is 36.7 Å². The predicted octanol–water partition coefficient (Wildman–Crippen LogP) is 9.49. The molecule has 2 aromatic rings. The molecule has 0 bridgehead atoms. The van der Waals surface area contributed by atoms with E-state index in [0.717, 1.165) is 37.2 Å². The minimum absolute atomic E-state index is 0.211. The van der Waals surface area contributed by atoms with Crippen molar-refractivity contribution in [3.63, 3.8) is 0 Å². The summed E-state index contributed by atoms with van der Waals surface area (Å²) in [5.41, 5.74) is 0.909. The Hall–Kier alpha value is -2.43. The van der Waals surface area contributed by atoms with Crippen LogP contribution in [0, 0.1) is 0 Å². The number of rotatable bonds is 22. The Morgan fingerprint density at radius 2 is 1.11 bits per heavy atom. The molecule has 0 saturated heterocycles. The van der Waals surface area contributed by atoms with E-state index >= 15 is 0 Å². The van der Waals surface area contributed by atoms with Crippen LogP contribution in [0.1, 0.15) is 129 Å². The zero-order chi connectivity index (χ0) is 26.4. The fourth-order valence-electron chi connectivity index (χ4n) is 4.41. The number of aromatic nitrogens is 2. The predicted molar refractivity (Wildman–Crippen MR) is 153 cm³/mol. The van der Waals surface area contributed by atoms with Crippen LogP contribution in [-0.2, 0) is 4.79 Å². The number of carbonyl (C=O) groups is 1. The molecule has 0 fully saturated rings. The van der Waals surface area contributed by atoms with Gasteiger partial charge in [0.25, 0.3) is 0 Å². The maximum atomic E-state index is 12.1. The topological polar surface area (TPSA) is 61.3 Å². The molecule has 0 N–H and O–H groups in total. The lowest BCUT2D eigenvalue weighted by atomic mass is 10.1. The third-order valence-corrected chi connectivity index (χ3v) is 6.72. The van der Waals surface area contributed by atoms with Gasteiger partial charge in [0.1, 0.15) is 5.75 Å². The van der Waals surface area contributed by atoms with Crippen molar-refractivity contribution in [1.82, 2.24) is 9.97 Å². The molecule has 0 aliphatic rings. The van der Waals surface area contributed by atoms with Crippen molar-refractivity contribution < 1.29 is 14.3 Å². The smallest absolute Gasteiger partial charge is 0.311 e. The third-order valence-electron chi connectivity index (χ3n) is 6.72. The summed E-state index contributed by atoms with van der Waals surface area (Å²) in [6.07, 6.45) is 25.0. The van der Waals surface area contributed by atoms with Crippen LogP contribution in [0.2, 0.25) is 0 Å². The van der Waals surface area contributed by atoms with E-state index in [-0.39, 0.29) is 5.97 Å². The fourth-order valence-corrected chi connectivity index (χ4v) is 4.41. The fraction of sp³-hybridized carbons (Fsp3) is 0.656. The van der Waals surface area contributed by atoms with E-state index in [2.05, 4.69) is 23.8 Å². The third kappa shape index (κ3) is 14.8. The molecule has 1 aromatic heterocycles. The van der Waals surface area contributed by atoms with E-state index in [1.807, 2.05) is 24.3 Å². The van der Waals surface area contributed by atoms with Gasteiger partial charge in [0.15, 0.2) is 11.6 Å². The first-order chi connectivity index (χ1) is 18.2. The lowest BCUT2D eigenvalue weighted by Crippen LogP contribution is -2.08. The Balaban J connectivity index is 1.58. The van der Waals surface area contributed by atoms with Crippen molar-refractivity contribution in [1.29, 1.82) is 0 Å². The Bertz CT molecular complexity index is 821. The minimum Gasteiger partial charge on any atom is -0.494 e. The molecule has 0 atom stereocenters. The monoisotopic (exact) mass is 510 g/mol. The highest BCUT2D eigenvalue weighted by molar-refractivity contribution is 5.72. The van der Waals surface area contributed by atoms with Crippen molar-refractivity contribution in [3.05, 3.63) is 36.7 Å². The van der Waals surface area contributed by atoms with Crippen LogP contribution in [-0.4, -0.2) is 22.5 Å². The summed E-state index contributed by atoms with van der Waals surface area (Å²) >= 11 is 0. The Morgan fingerprint density at radius 1 is 0.622 bits per heavy atom. The second kappa shape index (κ2) is 20.6. The highest BCUT2D eigenvalue weighted by Crippen LogP contribution is 2.21. The number of unbranched alkanes of at least 4 members (excludes halogenated alkanes) is 15. The van der Waals surface area contributed by atoms with Gasteiger partial charge in [-0.1, -0.05) is 110 Å². The molecule has 206 valence electrons. The van der Waals surface area contributed by atoms with Gasteiger partial charge in [0.2, 0.25) is 0 Å². The molecule has 5 nitrogen and oxygen atoms in total. The molecule has 0 aliphatic carbocycles. The number of esters is 1. The summed E-state index contributed by atoms with van der Waals surface area (Å²) in [4.78, 5) is 20.9. The molecule has 0 aliphatic heterocycles. The zero-order valence-electron chi connectivity index (χ0n) is 23.5. The van der Waals surface area contributed by atoms with Crippen LogP contribution in [0.25, 0.3) is 11.4 Å². The van der Waals surface area contributed by atoms with Gasteiger partial charge in [-0.3, -0.25) is 4.79 Å². The number of ether oxygens (including phenoxy) is 2. The quantitative estimate of drug-likeness (QED) is 0.117. The first kappa shape index (κ1) is 30.8. The van der Waals surface area contributed by atoms with Gasteiger partial charge < -0.3 is 9.47 Å². The number of nitrogens with zero attached hydrogens (tertiary/aromatic N) is 2. The van der Waals surface area contributed by atoms with Gasteiger partial charge in [-0.2, -0.15) is 0 Å². The number of carbonyl (C=O) groups excluding carboxylic acids is 1. The molecule has 1 heterocycles. The summed E-state index contributed by atoms with van der Waals surface area (Å²) < 4.78 is 11.3. The largest absolute Gasteiger partial charge is 0.494 e. The molecule has 37 heavy (non-hydrogen) atoms. The number of benzene rings is 1. The maximum absolute atomic E-state index is 12.1. The highest BCUT2D eigenvalue weighted by atomic mass is 16.5. The van der Waals surface area contributed by atoms with Crippen molar-refractivity contribution in [3.8, 4) is 22.9 Å². The van der Waals surface area contributed by atoms with E-state index in [0.29, 0.717) is 18.0 Å². The number of hydrogen-bond donors (Lipinski definition) is 0. The maximum Gasteiger partial charge on any atom is 0.311 e. The lowest BCUT2D eigenvalue weighted by molar-refractivity contribution is -0.134. The first-order valence-electron chi connectivity index (χ1n) is 15.0. The van der Waals surface area contributed by atoms with Gasteiger partial charge in [0.05, 0.1) is 19.0 Å². The van der Waals surface area contributed by atoms with Gasteiger partial charge in [-0.15, -0.1) is 0 Å². The van der Waals surface area contributed by atoms with Crippen LogP contribution in [0.5, 0.6) is 11.5 Å². The molecule has 5 heteroatoms. The molecule has 0 spiro atoms. The van der Waals surface area contributed by atoms with Crippen molar-refractivity contribution in [2.45, 2.75) is 129 Å². The van der Waals surface area contributed by atoms with Crippen LogP contribution < -0.4 is 9.47 Å². The van der Waals surface area contributed by atoms with E-state index < -0.39 is 0 Å². The SMILES string of the molecule is CCCCCCCCCCCC(=O)Oc1cnc(-c2ccc(OCCCCCCCCCC)cc2)nc1. The molecular formula is C32H50N2O3. The van der Waals surface area contributed by atoms with Gasteiger partial charge in [0, 0.05) is 12.0 Å². The standard InChI is InChI=1S/C32H50N2O3/c1-3-5-7-9-11-13-14-16-18-20-31(35)37-30-26-33-32(34-27-30)28-21-23-29(24-22-28)36-25-19-17-15-12-10-8-6-4-2/h21-24,26-27H,3-20,25H2,1-2H3. The Labute approximate surface area is 225 Å². The lowest BCUT2D eigenvalue weighted by Gasteiger charge is -2.08. The molecule has 0 radical (unpaired) electrons. The number of hydrogen-bond acceptors (Lipinski definition) is 5. The highest BCUT2D eigenvalue weighted by Gasteiger charge is 2.08. The summed E-state index contributed by atoms with van der Waals surface area (Å²) in [6.45, 7) is 5.25. The average molecular weight is 511 g/mol.